The molecule has 0 atom stereocenters. The van der Waals surface area contributed by atoms with Crippen LogP contribution in [0.1, 0.15) is 11.6 Å². The lowest BCUT2D eigenvalue weighted by Gasteiger charge is -2.29. The van der Waals surface area contributed by atoms with Crippen molar-refractivity contribution < 1.29 is 4.74 Å². The Balaban J connectivity index is 1.57. The molecule has 0 radical (unpaired) electrons. The molecule has 1 aromatic carbocycles. The fourth-order valence-corrected chi connectivity index (χ4v) is 2.97. The van der Waals surface area contributed by atoms with E-state index in [0.29, 0.717) is 5.92 Å². The summed E-state index contributed by atoms with van der Waals surface area (Å²) in [6, 6.07) is 8.76. The molecule has 1 aromatic heterocycles. The van der Waals surface area contributed by atoms with E-state index in [0.717, 1.165) is 39.4 Å². The van der Waals surface area contributed by atoms with Gasteiger partial charge in [-0.2, -0.15) is 0 Å². The summed E-state index contributed by atoms with van der Waals surface area (Å²) in [5, 5.41) is 3.32. The number of hydrogen-bond acceptors (Lipinski definition) is 4. The summed E-state index contributed by atoms with van der Waals surface area (Å²) in [7, 11) is 0. The third-order valence-corrected chi connectivity index (χ3v) is 4.37. The summed E-state index contributed by atoms with van der Waals surface area (Å²) < 4.78 is 7.61. The van der Waals surface area contributed by atoms with Gasteiger partial charge in [0.2, 0.25) is 0 Å². The highest BCUT2D eigenvalue weighted by Gasteiger charge is 2.22. The number of ether oxygens (including phenoxy) is 1. The van der Waals surface area contributed by atoms with E-state index >= 15 is 0 Å². The average Bonchev–Trinajstić information content (AvgIpc) is 2.96. The molecule has 0 saturated carbocycles. The first-order valence-electron chi connectivity index (χ1n) is 7.58. The normalized spacial score (nSPS) is 19.5. The largest absolute Gasteiger partial charge is 0.378 e. The third kappa shape index (κ3) is 2.43. The summed E-state index contributed by atoms with van der Waals surface area (Å²) in [4.78, 5) is 6.69. The first-order valence-corrected chi connectivity index (χ1v) is 7.58. The quantitative estimate of drug-likeness (QED) is 0.925. The lowest BCUT2D eigenvalue weighted by atomic mass is 10.00. The minimum atomic E-state index is 0.589. The molecule has 0 spiro atoms. The zero-order valence-corrected chi connectivity index (χ0v) is 12.0. The second kappa shape index (κ2) is 5.50. The van der Waals surface area contributed by atoms with Gasteiger partial charge >= 0.3 is 0 Å². The zero-order valence-electron chi connectivity index (χ0n) is 12.0. The summed E-state index contributed by atoms with van der Waals surface area (Å²) in [6.45, 7) is 5.70. The van der Waals surface area contributed by atoms with Crippen molar-refractivity contribution in [1.29, 1.82) is 0 Å². The van der Waals surface area contributed by atoms with E-state index in [4.69, 9.17) is 4.74 Å². The molecule has 21 heavy (non-hydrogen) atoms. The Kier molecular flexibility index (Phi) is 3.37. The number of morpholine rings is 1. The lowest BCUT2D eigenvalue weighted by Crippen LogP contribution is -2.40. The van der Waals surface area contributed by atoms with E-state index in [2.05, 4.69) is 44.0 Å². The second-order valence-corrected chi connectivity index (χ2v) is 5.66. The van der Waals surface area contributed by atoms with Gasteiger partial charge < -0.3 is 19.5 Å². The number of rotatable bonds is 3. The predicted octanol–water partition coefficient (Wildman–Crippen LogP) is 1.40. The van der Waals surface area contributed by atoms with Crippen LogP contribution in [0.3, 0.4) is 0 Å². The van der Waals surface area contributed by atoms with Crippen molar-refractivity contribution in [2.75, 3.05) is 44.3 Å². The molecule has 110 valence electrons. The minimum Gasteiger partial charge on any atom is -0.378 e. The van der Waals surface area contributed by atoms with E-state index in [1.54, 1.807) is 0 Å². The van der Waals surface area contributed by atoms with Crippen LogP contribution in [0.25, 0.3) is 5.69 Å². The topological polar surface area (TPSA) is 42.3 Å². The van der Waals surface area contributed by atoms with Gasteiger partial charge in [-0.05, 0) is 24.3 Å². The Morgan fingerprint density at radius 3 is 2.43 bits per heavy atom. The maximum atomic E-state index is 5.40. The molecule has 2 aliphatic heterocycles. The van der Waals surface area contributed by atoms with Crippen molar-refractivity contribution in [1.82, 2.24) is 14.9 Å². The van der Waals surface area contributed by atoms with E-state index < -0.39 is 0 Å². The number of aromatic nitrogens is 2. The Hall–Kier alpha value is -1.85. The number of imidazole rings is 1. The molecule has 0 unspecified atom stereocenters. The molecular formula is C16H20N4O. The van der Waals surface area contributed by atoms with Gasteiger partial charge in [-0.1, -0.05) is 0 Å². The maximum absolute atomic E-state index is 5.40. The van der Waals surface area contributed by atoms with Crippen molar-refractivity contribution in [3.8, 4) is 5.69 Å². The number of nitrogens with one attached hydrogen (secondary N) is 1. The van der Waals surface area contributed by atoms with E-state index in [1.165, 1.54) is 17.1 Å². The van der Waals surface area contributed by atoms with Gasteiger partial charge in [-0.3, -0.25) is 0 Å². The number of hydrogen-bond donors (Lipinski definition) is 1. The molecule has 2 aromatic rings. The fourth-order valence-electron chi connectivity index (χ4n) is 2.97. The van der Waals surface area contributed by atoms with Crippen LogP contribution in [0.4, 0.5) is 5.69 Å². The van der Waals surface area contributed by atoms with Crippen LogP contribution in [0.5, 0.6) is 0 Å². The maximum Gasteiger partial charge on any atom is 0.0994 e. The van der Waals surface area contributed by atoms with Gasteiger partial charge in [0.1, 0.15) is 0 Å². The van der Waals surface area contributed by atoms with Crippen LogP contribution in [0, 0.1) is 0 Å². The van der Waals surface area contributed by atoms with Gasteiger partial charge in [0.15, 0.2) is 0 Å². The average molecular weight is 284 g/mol. The highest BCUT2D eigenvalue weighted by Crippen LogP contribution is 2.24. The zero-order chi connectivity index (χ0) is 14.1. The minimum absolute atomic E-state index is 0.589. The Morgan fingerprint density at radius 1 is 1.05 bits per heavy atom. The molecule has 2 fully saturated rings. The van der Waals surface area contributed by atoms with Gasteiger partial charge in [0, 0.05) is 55.4 Å². The lowest BCUT2D eigenvalue weighted by molar-refractivity contribution is 0.122. The molecule has 0 bridgehead atoms. The van der Waals surface area contributed by atoms with Crippen LogP contribution in [-0.4, -0.2) is 48.9 Å². The summed E-state index contributed by atoms with van der Waals surface area (Å²) in [5.41, 5.74) is 3.76. The second-order valence-electron chi connectivity index (χ2n) is 5.66. The molecule has 1 N–H and O–H groups in total. The molecule has 0 aliphatic carbocycles. The number of anilines is 1. The van der Waals surface area contributed by atoms with Gasteiger partial charge in [-0.25, -0.2) is 4.98 Å². The van der Waals surface area contributed by atoms with Crippen molar-refractivity contribution in [2.24, 2.45) is 0 Å². The Labute approximate surface area is 124 Å². The Bertz CT molecular complexity index is 597. The smallest absolute Gasteiger partial charge is 0.0994 e. The molecule has 5 nitrogen and oxygen atoms in total. The van der Waals surface area contributed by atoms with Gasteiger partial charge in [-0.15, -0.1) is 0 Å². The first-order chi connectivity index (χ1) is 10.4. The molecule has 3 heterocycles. The van der Waals surface area contributed by atoms with Crippen LogP contribution in [-0.2, 0) is 4.74 Å². The molecule has 0 amide bonds. The van der Waals surface area contributed by atoms with Gasteiger partial charge in [0.25, 0.3) is 0 Å². The van der Waals surface area contributed by atoms with Crippen LogP contribution < -0.4 is 10.2 Å². The van der Waals surface area contributed by atoms with Crippen molar-refractivity contribution >= 4 is 5.69 Å². The van der Waals surface area contributed by atoms with Crippen molar-refractivity contribution in [2.45, 2.75) is 5.92 Å². The standard InChI is InChI=1S/C16H20N4O/c1-3-15(4-2-14(1)19-5-7-21-8-6-19)20-12-18-11-16(20)13-9-17-10-13/h1-4,11-13,17H,5-10H2. The molecule has 5 heteroatoms. The van der Waals surface area contributed by atoms with Crippen LogP contribution in [0.15, 0.2) is 36.8 Å². The highest BCUT2D eigenvalue weighted by molar-refractivity contribution is 5.51. The van der Waals surface area contributed by atoms with E-state index in [1.807, 2.05) is 12.5 Å². The summed E-state index contributed by atoms with van der Waals surface area (Å²) in [5.74, 6) is 0.589. The van der Waals surface area contributed by atoms with E-state index in [9.17, 15) is 0 Å². The fraction of sp³-hybridized carbons (Fsp3) is 0.438. The molecule has 2 saturated heterocycles. The molecule has 4 rings (SSSR count). The van der Waals surface area contributed by atoms with Crippen LogP contribution >= 0.6 is 0 Å². The summed E-state index contributed by atoms with van der Waals surface area (Å²) >= 11 is 0. The number of benzene rings is 1. The SMILES string of the molecule is c1cc(-n2cncc2C2CNC2)ccc1N1CCOCC1. The molecule has 2 aliphatic rings. The van der Waals surface area contributed by atoms with E-state index in [-0.39, 0.29) is 0 Å². The number of nitrogens with zero attached hydrogens (tertiary/aromatic N) is 3. The predicted molar refractivity (Wildman–Crippen MR) is 82.2 cm³/mol. The highest BCUT2D eigenvalue weighted by atomic mass is 16.5. The van der Waals surface area contributed by atoms with Crippen molar-refractivity contribution in [3.63, 3.8) is 0 Å². The van der Waals surface area contributed by atoms with Crippen LogP contribution in [0.2, 0.25) is 0 Å². The molecular weight excluding hydrogens is 264 g/mol. The third-order valence-electron chi connectivity index (χ3n) is 4.37. The monoisotopic (exact) mass is 284 g/mol. The Morgan fingerprint density at radius 2 is 1.76 bits per heavy atom. The van der Waals surface area contributed by atoms with Gasteiger partial charge in [0.05, 0.1) is 19.5 Å². The summed E-state index contributed by atoms with van der Waals surface area (Å²) in [6.07, 6.45) is 3.90. The van der Waals surface area contributed by atoms with Crippen molar-refractivity contribution in [3.05, 3.63) is 42.5 Å². The first kappa shape index (κ1) is 12.9.